The number of pyridine rings is 1. The average molecular weight is 536 g/mol. The van der Waals surface area contributed by atoms with Crippen LogP contribution in [0.5, 0.6) is 5.75 Å². The van der Waals surface area contributed by atoms with Gasteiger partial charge in [-0.25, -0.2) is 4.79 Å². The Morgan fingerprint density at radius 2 is 1.70 bits per heavy atom. The molecule has 0 radical (unpaired) electrons. The molecule has 1 aliphatic rings. The van der Waals surface area contributed by atoms with Crippen LogP contribution in [0.3, 0.4) is 0 Å². The molecular formula is C33H37N5O2. The van der Waals surface area contributed by atoms with Crippen LogP contribution in [0.15, 0.2) is 97.3 Å². The Bertz CT molecular complexity index is 1370. The summed E-state index contributed by atoms with van der Waals surface area (Å²) in [5.74, 6) is 0.771. The highest BCUT2D eigenvalue weighted by atomic mass is 16.5. The molecule has 1 aliphatic heterocycles. The van der Waals surface area contributed by atoms with E-state index in [-0.39, 0.29) is 6.03 Å². The molecule has 0 aliphatic carbocycles. The molecule has 4 aromatic rings. The Balaban J connectivity index is 1.12. The molecule has 2 N–H and O–H groups in total. The van der Waals surface area contributed by atoms with Crippen molar-refractivity contribution in [2.75, 3.05) is 45.2 Å². The lowest BCUT2D eigenvalue weighted by Gasteiger charge is -2.32. The number of ether oxygens (including phenoxy) is 1. The number of benzene rings is 3. The molecule has 7 nitrogen and oxygen atoms in total. The van der Waals surface area contributed by atoms with E-state index in [0.29, 0.717) is 18.8 Å². The molecule has 0 bridgehead atoms. The molecule has 1 aromatic heterocycles. The van der Waals surface area contributed by atoms with Gasteiger partial charge in [-0.05, 0) is 71.3 Å². The van der Waals surface area contributed by atoms with Crippen molar-refractivity contribution in [1.29, 1.82) is 0 Å². The molecule has 0 unspecified atom stereocenters. The maximum Gasteiger partial charge on any atom is 0.319 e. The van der Waals surface area contributed by atoms with Crippen molar-refractivity contribution >= 4 is 11.7 Å². The van der Waals surface area contributed by atoms with Gasteiger partial charge in [0.2, 0.25) is 0 Å². The van der Waals surface area contributed by atoms with E-state index in [0.717, 1.165) is 50.5 Å². The second-order valence-electron chi connectivity index (χ2n) is 10.2. The van der Waals surface area contributed by atoms with Crippen molar-refractivity contribution < 1.29 is 9.53 Å². The van der Waals surface area contributed by atoms with Crippen LogP contribution in [0.25, 0.3) is 11.1 Å². The topological polar surface area (TPSA) is 69.7 Å². The second-order valence-corrected chi connectivity index (χ2v) is 10.2. The number of rotatable bonds is 10. The van der Waals surface area contributed by atoms with Gasteiger partial charge < -0.3 is 20.3 Å². The fourth-order valence-electron chi connectivity index (χ4n) is 4.89. The molecular weight excluding hydrogens is 498 g/mol. The standard InChI is InChI=1S/C33H37N5O2/c1-37-17-19-38(20-18-37)25-26-6-4-9-29(22-26)32-10-3-2-8-28(32)15-21-40-31-13-11-30(12-14-31)36-33(39)35-24-27-7-5-16-34-23-27/h2-14,16,22-23H,15,17-21,24-25H2,1H3,(H2,35,36,39). The SMILES string of the molecule is CN1CCN(Cc2cccc(-c3ccccc3CCOc3ccc(NC(=O)NCc4cccnc4)cc3)c2)CC1. The minimum atomic E-state index is -0.262. The summed E-state index contributed by atoms with van der Waals surface area (Å²) in [5, 5.41) is 5.68. The summed E-state index contributed by atoms with van der Waals surface area (Å²) < 4.78 is 6.05. The number of hydrogen-bond donors (Lipinski definition) is 2. The highest BCUT2D eigenvalue weighted by molar-refractivity contribution is 5.89. The largest absolute Gasteiger partial charge is 0.493 e. The van der Waals surface area contributed by atoms with E-state index < -0.39 is 0 Å². The molecule has 1 fully saturated rings. The molecule has 0 atom stereocenters. The zero-order valence-electron chi connectivity index (χ0n) is 23.1. The van der Waals surface area contributed by atoms with Crippen LogP contribution in [0.2, 0.25) is 0 Å². The van der Waals surface area contributed by atoms with Gasteiger partial charge in [-0.2, -0.15) is 0 Å². The van der Waals surface area contributed by atoms with Gasteiger partial charge in [0.25, 0.3) is 0 Å². The van der Waals surface area contributed by atoms with E-state index in [1.807, 2.05) is 36.4 Å². The summed E-state index contributed by atoms with van der Waals surface area (Å²) in [6.45, 7) is 6.47. The number of carbonyl (C=O) groups is 1. The maximum atomic E-state index is 12.2. The molecule has 7 heteroatoms. The minimum Gasteiger partial charge on any atom is -0.493 e. The summed E-state index contributed by atoms with van der Waals surface area (Å²) in [6, 6.07) is 28.5. The summed E-state index contributed by atoms with van der Waals surface area (Å²) in [5.41, 5.74) is 6.78. The Labute approximate surface area is 236 Å². The average Bonchev–Trinajstić information content (AvgIpc) is 2.99. The lowest BCUT2D eigenvalue weighted by atomic mass is 9.96. The van der Waals surface area contributed by atoms with Gasteiger partial charge in [0.1, 0.15) is 5.75 Å². The summed E-state index contributed by atoms with van der Waals surface area (Å²) >= 11 is 0. The number of hydrogen-bond acceptors (Lipinski definition) is 5. The maximum absolute atomic E-state index is 12.2. The van der Waals surface area contributed by atoms with Crippen molar-refractivity contribution in [2.45, 2.75) is 19.5 Å². The van der Waals surface area contributed by atoms with Crippen molar-refractivity contribution in [3.05, 3.63) is 114 Å². The monoisotopic (exact) mass is 535 g/mol. The molecule has 1 saturated heterocycles. The molecule has 0 spiro atoms. The summed E-state index contributed by atoms with van der Waals surface area (Å²) in [6.07, 6.45) is 4.24. The number of amides is 2. The number of anilines is 1. The Kier molecular flexibility index (Phi) is 9.40. The third kappa shape index (κ3) is 7.91. The Hall–Kier alpha value is -4.20. The third-order valence-electron chi connectivity index (χ3n) is 7.19. The number of urea groups is 1. The van der Waals surface area contributed by atoms with Gasteiger partial charge in [-0.15, -0.1) is 0 Å². The van der Waals surface area contributed by atoms with E-state index in [2.05, 4.69) is 81.0 Å². The van der Waals surface area contributed by atoms with Crippen LogP contribution in [0, 0.1) is 0 Å². The summed E-state index contributed by atoms with van der Waals surface area (Å²) in [7, 11) is 2.19. The lowest BCUT2D eigenvalue weighted by Crippen LogP contribution is -2.43. The first-order valence-electron chi connectivity index (χ1n) is 13.9. The van der Waals surface area contributed by atoms with Gasteiger partial charge in [0.15, 0.2) is 0 Å². The first kappa shape index (κ1) is 27.4. The molecule has 2 amide bonds. The predicted octanol–water partition coefficient (Wildman–Crippen LogP) is 5.44. The second kappa shape index (κ2) is 13.7. The molecule has 40 heavy (non-hydrogen) atoms. The fourth-order valence-corrected chi connectivity index (χ4v) is 4.89. The zero-order valence-corrected chi connectivity index (χ0v) is 23.1. The third-order valence-corrected chi connectivity index (χ3v) is 7.19. The predicted molar refractivity (Wildman–Crippen MR) is 160 cm³/mol. The van der Waals surface area contributed by atoms with E-state index >= 15 is 0 Å². The van der Waals surface area contributed by atoms with Crippen molar-refractivity contribution in [2.24, 2.45) is 0 Å². The number of likely N-dealkylation sites (N-methyl/N-ethyl adjacent to an activating group) is 1. The van der Waals surface area contributed by atoms with E-state index in [9.17, 15) is 4.79 Å². The summed E-state index contributed by atoms with van der Waals surface area (Å²) in [4.78, 5) is 21.2. The van der Waals surface area contributed by atoms with Crippen LogP contribution >= 0.6 is 0 Å². The van der Waals surface area contributed by atoms with Crippen LogP contribution in [-0.2, 0) is 19.5 Å². The Morgan fingerprint density at radius 1 is 0.900 bits per heavy atom. The van der Waals surface area contributed by atoms with Gasteiger partial charge in [0, 0.05) is 63.8 Å². The number of carbonyl (C=O) groups excluding carboxylic acids is 1. The quantitative estimate of drug-likeness (QED) is 0.283. The lowest BCUT2D eigenvalue weighted by molar-refractivity contribution is 0.148. The molecule has 0 saturated carbocycles. The van der Waals surface area contributed by atoms with Crippen molar-refractivity contribution in [1.82, 2.24) is 20.1 Å². The van der Waals surface area contributed by atoms with Gasteiger partial charge in [-0.1, -0.05) is 48.5 Å². The first-order chi connectivity index (χ1) is 19.6. The van der Waals surface area contributed by atoms with E-state index in [1.54, 1.807) is 12.4 Å². The van der Waals surface area contributed by atoms with Gasteiger partial charge in [-0.3, -0.25) is 9.88 Å². The smallest absolute Gasteiger partial charge is 0.319 e. The molecule has 2 heterocycles. The number of nitrogens with zero attached hydrogens (tertiary/aromatic N) is 3. The fraction of sp³-hybridized carbons (Fsp3) is 0.273. The van der Waals surface area contributed by atoms with Crippen LogP contribution in [0.1, 0.15) is 16.7 Å². The van der Waals surface area contributed by atoms with Gasteiger partial charge >= 0.3 is 6.03 Å². The zero-order chi connectivity index (χ0) is 27.6. The highest BCUT2D eigenvalue weighted by Gasteiger charge is 2.14. The molecule has 206 valence electrons. The van der Waals surface area contributed by atoms with Crippen LogP contribution in [0.4, 0.5) is 10.5 Å². The normalized spacial score (nSPS) is 14.0. The Morgan fingerprint density at radius 3 is 2.50 bits per heavy atom. The minimum absolute atomic E-state index is 0.262. The number of nitrogens with one attached hydrogen (secondary N) is 2. The van der Waals surface area contributed by atoms with Crippen molar-refractivity contribution in [3.63, 3.8) is 0 Å². The van der Waals surface area contributed by atoms with E-state index in [1.165, 1.54) is 22.3 Å². The number of piperazine rings is 1. The highest BCUT2D eigenvalue weighted by Crippen LogP contribution is 2.26. The first-order valence-corrected chi connectivity index (χ1v) is 13.9. The number of aromatic nitrogens is 1. The van der Waals surface area contributed by atoms with E-state index in [4.69, 9.17) is 4.74 Å². The molecule has 5 rings (SSSR count). The van der Waals surface area contributed by atoms with Crippen LogP contribution < -0.4 is 15.4 Å². The van der Waals surface area contributed by atoms with Crippen LogP contribution in [-0.4, -0.2) is 60.6 Å². The van der Waals surface area contributed by atoms with Gasteiger partial charge in [0.05, 0.1) is 6.61 Å². The molecule has 3 aromatic carbocycles. The van der Waals surface area contributed by atoms with Crippen molar-refractivity contribution in [3.8, 4) is 16.9 Å².